The Balaban J connectivity index is 2.29. The number of ether oxygens (including phenoxy) is 1. The second kappa shape index (κ2) is 5.44. The maximum atomic E-state index is 11.5. The molecular weight excluding hydrogens is 312 g/mol. The summed E-state index contributed by atoms with van der Waals surface area (Å²) in [5, 5.41) is 14.0. The number of aryl methyl sites for hydroxylation is 1. The lowest BCUT2D eigenvalue weighted by Gasteiger charge is -2.05. The first kappa shape index (κ1) is 13.6. The van der Waals surface area contributed by atoms with Crippen molar-refractivity contribution in [2.45, 2.75) is 13.5 Å². The average molecular weight is 325 g/mol. The number of esters is 1. The summed E-state index contributed by atoms with van der Waals surface area (Å²) in [5.41, 5.74) is 1.74. The van der Waals surface area contributed by atoms with Gasteiger partial charge in [0.05, 0.1) is 19.3 Å². The minimum absolute atomic E-state index is 0.191. The lowest BCUT2D eigenvalue weighted by molar-refractivity contribution is 0.0600. The van der Waals surface area contributed by atoms with Crippen molar-refractivity contribution < 1.29 is 14.6 Å². The largest absolute Gasteiger partial charge is 0.508 e. The molecule has 5 nitrogen and oxygen atoms in total. The van der Waals surface area contributed by atoms with Crippen LogP contribution in [0, 0.1) is 6.92 Å². The van der Waals surface area contributed by atoms with Crippen LogP contribution in [0.25, 0.3) is 0 Å². The number of halogens is 1. The maximum Gasteiger partial charge on any atom is 0.341 e. The molecule has 0 radical (unpaired) electrons. The molecule has 1 aromatic carbocycles. The normalized spacial score (nSPS) is 10.5. The quantitative estimate of drug-likeness (QED) is 0.881. The molecule has 2 rings (SSSR count). The smallest absolute Gasteiger partial charge is 0.341 e. The summed E-state index contributed by atoms with van der Waals surface area (Å²) in [6, 6.07) is 5.17. The van der Waals surface area contributed by atoms with E-state index in [1.54, 1.807) is 29.9 Å². The van der Waals surface area contributed by atoms with Gasteiger partial charge in [0.1, 0.15) is 11.3 Å². The van der Waals surface area contributed by atoms with E-state index >= 15 is 0 Å². The van der Waals surface area contributed by atoms with Gasteiger partial charge >= 0.3 is 5.97 Å². The molecule has 0 fully saturated rings. The van der Waals surface area contributed by atoms with E-state index in [0.29, 0.717) is 23.4 Å². The Hall–Kier alpha value is -1.82. The topological polar surface area (TPSA) is 64.3 Å². The fourth-order valence-corrected chi connectivity index (χ4v) is 2.17. The number of carbonyl (C=O) groups is 1. The first-order chi connectivity index (χ1) is 9.01. The molecule has 1 N–H and O–H groups in total. The molecule has 1 heterocycles. The number of benzene rings is 1. The highest BCUT2D eigenvalue weighted by Gasteiger charge is 2.14. The number of aromatic nitrogens is 2. The van der Waals surface area contributed by atoms with Crippen molar-refractivity contribution in [3.8, 4) is 5.75 Å². The third kappa shape index (κ3) is 2.96. The van der Waals surface area contributed by atoms with Crippen LogP contribution < -0.4 is 0 Å². The minimum atomic E-state index is -0.415. The van der Waals surface area contributed by atoms with Gasteiger partial charge in [-0.25, -0.2) is 4.79 Å². The van der Waals surface area contributed by atoms with Crippen molar-refractivity contribution in [2.75, 3.05) is 7.11 Å². The Labute approximate surface area is 118 Å². The highest BCUT2D eigenvalue weighted by atomic mass is 79.9. The molecule has 0 amide bonds. The molecule has 0 bridgehead atoms. The number of aromatic hydroxyl groups is 1. The fourth-order valence-electron chi connectivity index (χ4n) is 1.76. The van der Waals surface area contributed by atoms with E-state index in [0.717, 1.165) is 4.47 Å². The predicted octanol–water partition coefficient (Wildman–Crippen LogP) is 2.49. The van der Waals surface area contributed by atoms with Crippen molar-refractivity contribution >= 4 is 21.9 Å². The van der Waals surface area contributed by atoms with Crippen LogP contribution in [0.5, 0.6) is 5.75 Å². The van der Waals surface area contributed by atoms with Crippen molar-refractivity contribution in [2.24, 2.45) is 0 Å². The summed E-state index contributed by atoms with van der Waals surface area (Å²) in [5.74, 6) is -0.224. The molecule has 100 valence electrons. The van der Waals surface area contributed by atoms with Gasteiger partial charge in [0.25, 0.3) is 0 Å². The minimum Gasteiger partial charge on any atom is -0.508 e. The van der Waals surface area contributed by atoms with Gasteiger partial charge < -0.3 is 9.84 Å². The molecule has 0 saturated carbocycles. The molecule has 2 aromatic rings. The number of methoxy groups -OCH3 is 1. The summed E-state index contributed by atoms with van der Waals surface area (Å²) in [7, 11) is 1.33. The van der Waals surface area contributed by atoms with E-state index in [4.69, 9.17) is 0 Å². The van der Waals surface area contributed by atoms with E-state index in [1.807, 2.05) is 6.07 Å². The lowest BCUT2D eigenvalue weighted by atomic mass is 10.2. The standard InChI is InChI=1S/C13H13BrN2O3/c1-8-11(13(18)19-2)7-16(15-8)6-9-5-10(14)3-4-12(9)17/h3-5,7,17H,6H2,1-2H3. The van der Waals surface area contributed by atoms with Gasteiger partial charge in [0.15, 0.2) is 0 Å². The molecule has 1 aromatic heterocycles. The lowest BCUT2D eigenvalue weighted by Crippen LogP contribution is -2.02. The Morgan fingerprint density at radius 1 is 1.53 bits per heavy atom. The van der Waals surface area contributed by atoms with Gasteiger partial charge in [-0.05, 0) is 25.1 Å². The van der Waals surface area contributed by atoms with E-state index < -0.39 is 5.97 Å². The SMILES string of the molecule is COC(=O)c1cn(Cc2cc(Br)ccc2O)nc1C. The van der Waals surface area contributed by atoms with Crippen molar-refractivity contribution in [3.05, 3.63) is 45.7 Å². The third-order valence-electron chi connectivity index (χ3n) is 2.73. The highest BCUT2D eigenvalue weighted by Crippen LogP contribution is 2.23. The Bertz CT molecular complexity index is 622. The predicted molar refractivity (Wildman–Crippen MR) is 73.2 cm³/mol. The maximum absolute atomic E-state index is 11.5. The van der Waals surface area contributed by atoms with Gasteiger partial charge in [0.2, 0.25) is 0 Å². The van der Waals surface area contributed by atoms with Gasteiger partial charge in [0, 0.05) is 16.2 Å². The van der Waals surface area contributed by atoms with Crippen LogP contribution >= 0.6 is 15.9 Å². The van der Waals surface area contributed by atoms with Crippen molar-refractivity contribution in [1.29, 1.82) is 0 Å². The number of nitrogens with zero attached hydrogens (tertiary/aromatic N) is 2. The number of hydrogen-bond donors (Lipinski definition) is 1. The van der Waals surface area contributed by atoms with Crippen LogP contribution in [-0.2, 0) is 11.3 Å². The molecule has 0 aliphatic rings. The zero-order valence-corrected chi connectivity index (χ0v) is 12.1. The molecule has 0 aliphatic carbocycles. The van der Waals surface area contributed by atoms with Gasteiger partial charge in [-0.3, -0.25) is 4.68 Å². The summed E-state index contributed by atoms with van der Waals surface area (Å²) in [4.78, 5) is 11.5. The van der Waals surface area contributed by atoms with Crippen LogP contribution in [0.15, 0.2) is 28.9 Å². The van der Waals surface area contributed by atoms with E-state index in [9.17, 15) is 9.90 Å². The molecule has 0 unspecified atom stereocenters. The number of rotatable bonds is 3. The number of phenolic OH excluding ortho intramolecular Hbond substituents is 1. The van der Waals surface area contributed by atoms with Crippen molar-refractivity contribution in [1.82, 2.24) is 9.78 Å². The van der Waals surface area contributed by atoms with Crippen LogP contribution in [0.1, 0.15) is 21.6 Å². The zero-order chi connectivity index (χ0) is 14.0. The molecule has 0 aliphatic heterocycles. The Morgan fingerprint density at radius 2 is 2.26 bits per heavy atom. The van der Waals surface area contributed by atoms with Crippen LogP contribution in [-0.4, -0.2) is 28.0 Å². The van der Waals surface area contributed by atoms with Gasteiger partial charge in [-0.2, -0.15) is 5.10 Å². The van der Waals surface area contributed by atoms with Gasteiger partial charge in [-0.1, -0.05) is 15.9 Å². The first-order valence-electron chi connectivity index (χ1n) is 5.61. The molecule has 0 saturated heterocycles. The summed E-state index contributed by atoms with van der Waals surface area (Å²) in [6.45, 7) is 2.12. The molecule has 19 heavy (non-hydrogen) atoms. The van der Waals surface area contributed by atoms with Gasteiger partial charge in [-0.15, -0.1) is 0 Å². The zero-order valence-electron chi connectivity index (χ0n) is 10.6. The number of carbonyl (C=O) groups excluding carboxylic acids is 1. The van der Waals surface area contributed by atoms with Crippen LogP contribution in [0.4, 0.5) is 0 Å². The van der Waals surface area contributed by atoms with E-state index in [1.165, 1.54) is 7.11 Å². The fraction of sp³-hybridized carbons (Fsp3) is 0.231. The molecule has 0 atom stereocenters. The molecular formula is C13H13BrN2O3. The summed E-state index contributed by atoms with van der Waals surface area (Å²) in [6.07, 6.45) is 1.61. The summed E-state index contributed by atoms with van der Waals surface area (Å²) >= 11 is 3.35. The van der Waals surface area contributed by atoms with Crippen LogP contribution in [0.3, 0.4) is 0 Å². The number of phenols is 1. The Kier molecular flexibility index (Phi) is 3.90. The summed E-state index contributed by atoms with van der Waals surface area (Å²) < 4.78 is 7.15. The molecule has 6 heteroatoms. The van der Waals surface area contributed by atoms with E-state index in [-0.39, 0.29) is 5.75 Å². The Morgan fingerprint density at radius 3 is 2.95 bits per heavy atom. The van der Waals surface area contributed by atoms with Crippen molar-refractivity contribution in [3.63, 3.8) is 0 Å². The average Bonchev–Trinajstić information content (AvgIpc) is 2.74. The first-order valence-corrected chi connectivity index (χ1v) is 6.40. The third-order valence-corrected chi connectivity index (χ3v) is 3.22. The van der Waals surface area contributed by atoms with E-state index in [2.05, 4.69) is 25.8 Å². The second-order valence-electron chi connectivity index (χ2n) is 4.09. The molecule has 0 spiro atoms. The monoisotopic (exact) mass is 324 g/mol. The highest BCUT2D eigenvalue weighted by molar-refractivity contribution is 9.10. The second-order valence-corrected chi connectivity index (χ2v) is 5.01. The number of hydrogen-bond acceptors (Lipinski definition) is 4. The van der Waals surface area contributed by atoms with Crippen LogP contribution in [0.2, 0.25) is 0 Å².